The molecule has 0 bridgehead atoms. The average molecular weight is 575 g/mol. The summed E-state index contributed by atoms with van der Waals surface area (Å²) in [7, 11) is 0. The summed E-state index contributed by atoms with van der Waals surface area (Å²) in [6, 6.07) is 15.5. The Morgan fingerprint density at radius 1 is 1.12 bits per heavy atom. The van der Waals surface area contributed by atoms with E-state index in [1.807, 2.05) is 63.2 Å². The quantitative estimate of drug-likeness (QED) is 0.234. The van der Waals surface area contributed by atoms with Crippen LogP contribution in [0.2, 0.25) is 0 Å². The molecule has 11 heteroatoms. The summed E-state index contributed by atoms with van der Waals surface area (Å²) < 4.78 is 1.78. The summed E-state index contributed by atoms with van der Waals surface area (Å²) >= 11 is 0. The van der Waals surface area contributed by atoms with Crippen molar-refractivity contribution >= 4 is 29.5 Å². The second kappa shape index (κ2) is 12.1. The molecule has 6 N–H and O–H groups in total. The lowest BCUT2D eigenvalue weighted by Gasteiger charge is -2.38. The van der Waals surface area contributed by atoms with E-state index >= 15 is 0 Å². The molecule has 0 fully saturated rings. The van der Waals surface area contributed by atoms with Crippen LogP contribution in [0.1, 0.15) is 80.0 Å². The molecule has 3 atom stereocenters. The number of hydrogen-bond donors (Lipinski definition) is 5. The number of amides is 3. The fourth-order valence-electron chi connectivity index (χ4n) is 5.48. The fraction of sp³-hybridized carbons (Fsp3) is 0.387. The van der Waals surface area contributed by atoms with E-state index in [9.17, 15) is 24.3 Å². The van der Waals surface area contributed by atoms with Gasteiger partial charge < -0.3 is 26.8 Å². The lowest BCUT2D eigenvalue weighted by molar-refractivity contribution is -0.144. The van der Waals surface area contributed by atoms with Crippen molar-refractivity contribution in [3.8, 4) is 0 Å². The molecule has 3 amide bonds. The monoisotopic (exact) mass is 574 g/mol. The van der Waals surface area contributed by atoms with E-state index in [4.69, 9.17) is 5.73 Å². The van der Waals surface area contributed by atoms with Crippen molar-refractivity contribution in [1.29, 1.82) is 0 Å². The maximum absolute atomic E-state index is 14.0. The molecule has 0 aliphatic carbocycles. The van der Waals surface area contributed by atoms with Crippen molar-refractivity contribution < 1.29 is 24.3 Å². The summed E-state index contributed by atoms with van der Waals surface area (Å²) in [6.07, 6.45) is 2.46. The molecule has 0 saturated carbocycles. The first-order valence-corrected chi connectivity index (χ1v) is 14.1. The highest BCUT2D eigenvalue weighted by Gasteiger charge is 2.44. The minimum Gasteiger partial charge on any atom is -0.480 e. The number of carbonyl (C=O) groups is 4. The Labute approximate surface area is 244 Å². The van der Waals surface area contributed by atoms with Crippen molar-refractivity contribution in [3.63, 3.8) is 0 Å². The van der Waals surface area contributed by atoms with E-state index in [1.165, 1.54) is 6.20 Å². The molecule has 1 unspecified atom stereocenters. The predicted molar refractivity (Wildman–Crippen MR) is 158 cm³/mol. The van der Waals surface area contributed by atoms with Crippen molar-refractivity contribution in [2.24, 2.45) is 5.73 Å². The molecule has 3 aromatic rings. The summed E-state index contributed by atoms with van der Waals surface area (Å²) in [5, 5.41) is 23.0. The average Bonchev–Trinajstić information content (AvgIpc) is 3.41. The van der Waals surface area contributed by atoms with Crippen LogP contribution in [0, 0.1) is 0 Å². The van der Waals surface area contributed by atoms with Gasteiger partial charge in [0, 0.05) is 0 Å². The number of rotatable bonds is 11. The molecule has 0 saturated heterocycles. The van der Waals surface area contributed by atoms with Crippen LogP contribution in [0.5, 0.6) is 0 Å². The van der Waals surface area contributed by atoms with E-state index in [0.29, 0.717) is 11.4 Å². The number of benzene rings is 2. The summed E-state index contributed by atoms with van der Waals surface area (Å²) in [5.74, 6) is -3.11. The Kier molecular flexibility index (Phi) is 8.70. The molecule has 1 aliphatic rings. The zero-order chi connectivity index (χ0) is 30.7. The highest BCUT2D eigenvalue weighted by Crippen LogP contribution is 2.40. The van der Waals surface area contributed by atoms with Gasteiger partial charge in [-0.3, -0.25) is 14.4 Å². The molecule has 2 aromatic carbocycles. The number of carboxylic acid groups (broad SMARTS) is 1. The van der Waals surface area contributed by atoms with Gasteiger partial charge in [0.1, 0.15) is 23.0 Å². The highest BCUT2D eigenvalue weighted by molar-refractivity contribution is 6.03. The van der Waals surface area contributed by atoms with Gasteiger partial charge in [0.2, 0.25) is 5.91 Å². The molecule has 1 aromatic heterocycles. The second-order valence-corrected chi connectivity index (χ2v) is 11.2. The van der Waals surface area contributed by atoms with Gasteiger partial charge in [-0.1, -0.05) is 68.4 Å². The smallest absolute Gasteiger partial charge is 0.326 e. The highest BCUT2D eigenvalue weighted by atomic mass is 16.4. The van der Waals surface area contributed by atoms with Crippen LogP contribution in [0.4, 0.5) is 5.82 Å². The van der Waals surface area contributed by atoms with Gasteiger partial charge in [0.15, 0.2) is 0 Å². The minimum atomic E-state index is -1.66. The first-order valence-electron chi connectivity index (χ1n) is 14.1. The van der Waals surface area contributed by atoms with E-state index in [0.717, 1.165) is 24.0 Å². The van der Waals surface area contributed by atoms with Crippen LogP contribution < -0.4 is 21.7 Å². The Balaban J connectivity index is 1.74. The van der Waals surface area contributed by atoms with Gasteiger partial charge in [-0.25, -0.2) is 9.48 Å². The number of nitrogens with two attached hydrogens (primary N) is 1. The Morgan fingerprint density at radius 2 is 1.79 bits per heavy atom. The summed E-state index contributed by atoms with van der Waals surface area (Å²) in [5.41, 5.74) is 5.96. The van der Waals surface area contributed by atoms with E-state index in [-0.39, 0.29) is 18.0 Å². The Morgan fingerprint density at radius 3 is 2.36 bits per heavy atom. The maximum Gasteiger partial charge on any atom is 0.326 e. The van der Waals surface area contributed by atoms with E-state index in [1.54, 1.807) is 23.7 Å². The Bertz CT molecular complexity index is 1470. The van der Waals surface area contributed by atoms with Crippen LogP contribution in [0.3, 0.4) is 0 Å². The van der Waals surface area contributed by atoms with E-state index in [2.05, 4.69) is 21.0 Å². The lowest BCUT2D eigenvalue weighted by atomic mass is 9.84. The normalized spacial score (nSPS) is 17.6. The third-order valence-electron chi connectivity index (χ3n) is 7.91. The standard InChI is InChI=1S/C31H38N6O5/c1-5-19-12-14-21(15-13-19)31(6-2,29(42)35-23(28(40)41)16-25(32)38)36-27(39)22-18-33-37-26(22)34-24(17-30(37,3)4)20-10-8-7-9-11-20/h7-15,18,23-24,34H,5-6,16-17H2,1-4H3,(H2,32,38)(H,35,42)(H,36,39)(H,40,41)/t23-,24+,31?/m0/s1. The molecule has 0 radical (unpaired) electrons. The fourth-order valence-corrected chi connectivity index (χ4v) is 5.48. The van der Waals surface area contributed by atoms with Crippen LogP contribution in [0.15, 0.2) is 60.8 Å². The molecular formula is C31H38N6O5. The molecule has 0 spiro atoms. The van der Waals surface area contributed by atoms with Crippen molar-refractivity contribution in [2.75, 3.05) is 5.32 Å². The van der Waals surface area contributed by atoms with Crippen LogP contribution in [-0.2, 0) is 31.9 Å². The number of aromatic nitrogens is 2. The first-order chi connectivity index (χ1) is 19.9. The van der Waals surface area contributed by atoms with Gasteiger partial charge in [0.05, 0.1) is 24.2 Å². The number of aryl methyl sites for hydroxylation is 1. The number of nitrogens with one attached hydrogen (secondary N) is 3. The first kappa shape index (κ1) is 30.3. The van der Waals surface area contributed by atoms with Gasteiger partial charge in [-0.15, -0.1) is 0 Å². The maximum atomic E-state index is 14.0. The number of nitrogens with zero attached hydrogens (tertiary/aromatic N) is 2. The van der Waals surface area contributed by atoms with Crippen molar-refractivity contribution in [2.45, 2.75) is 76.5 Å². The van der Waals surface area contributed by atoms with Gasteiger partial charge in [0.25, 0.3) is 11.8 Å². The number of anilines is 1. The lowest BCUT2D eigenvalue weighted by Crippen LogP contribution is -2.59. The Hall–Kier alpha value is -4.67. The summed E-state index contributed by atoms with van der Waals surface area (Å²) in [4.78, 5) is 51.3. The predicted octanol–water partition coefficient (Wildman–Crippen LogP) is 3.22. The van der Waals surface area contributed by atoms with Gasteiger partial charge in [-0.2, -0.15) is 5.10 Å². The number of carboxylic acids is 1. The molecule has 42 heavy (non-hydrogen) atoms. The van der Waals surface area contributed by atoms with Gasteiger partial charge in [-0.05, 0) is 49.8 Å². The topological polar surface area (TPSA) is 168 Å². The number of primary amides is 1. The molecule has 11 nitrogen and oxygen atoms in total. The zero-order valence-electron chi connectivity index (χ0n) is 24.3. The second-order valence-electron chi connectivity index (χ2n) is 11.2. The number of aliphatic carboxylic acids is 1. The molecular weight excluding hydrogens is 536 g/mol. The van der Waals surface area contributed by atoms with Crippen LogP contribution in [0.25, 0.3) is 0 Å². The molecule has 2 heterocycles. The van der Waals surface area contributed by atoms with Gasteiger partial charge >= 0.3 is 5.97 Å². The number of fused-ring (bicyclic) bond motifs is 1. The molecule has 1 aliphatic heterocycles. The van der Waals surface area contributed by atoms with Crippen LogP contribution >= 0.6 is 0 Å². The van der Waals surface area contributed by atoms with Crippen LogP contribution in [-0.4, -0.2) is 44.6 Å². The third kappa shape index (κ3) is 6.00. The summed E-state index contributed by atoms with van der Waals surface area (Å²) in [6.45, 7) is 7.81. The third-order valence-corrected chi connectivity index (χ3v) is 7.91. The SMILES string of the molecule is CCc1ccc(C(CC)(NC(=O)c2cnn3c2N[C@@H](c2ccccc2)CC3(C)C)C(=O)N[C@@H](CC(N)=O)C(=O)O)cc1. The molecule has 4 rings (SSSR count). The number of hydrogen-bond acceptors (Lipinski definition) is 6. The van der Waals surface area contributed by atoms with Crippen molar-refractivity contribution in [1.82, 2.24) is 20.4 Å². The zero-order valence-corrected chi connectivity index (χ0v) is 24.3. The van der Waals surface area contributed by atoms with E-state index < -0.39 is 47.2 Å². The largest absolute Gasteiger partial charge is 0.480 e. The molecule has 222 valence electrons. The van der Waals surface area contributed by atoms with Crippen molar-refractivity contribution in [3.05, 3.63) is 83.0 Å². The minimum absolute atomic E-state index is 0.0807. The number of carbonyl (C=O) groups excluding carboxylic acids is 3.